The molecule has 0 fully saturated rings. The number of nitrogens with one attached hydrogen (secondary N) is 1. The minimum absolute atomic E-state index is 0.438. The predicted molar refractivity (Wildman–Crippen MR) is 53.7 cm³/mol. The van der Waals surface area contributed by atoms with E-state index in [1.165, 1.54) is 6.33 Å². The summed E-state index contributed by atoms with van der Waals surface area (Å²) < 4.78 is 0.791. The van der Waals surface area contributed by atoms with Gasteiger partial charge in [-0.1, -0.05) is 0 Å². The molecular weight excluding hydrogens is 265 g/mol. The molecule has 0 aromatic carbocycles. The van der Waals surface area contributed by atoms with Crippen LogP contribution in [0.1, 0.15) is 0 Å². The van der Waals surface area contributed by atoms with Crippen molar-refractivity contribution < 1.29 is 0 Å². The highest BCUT2D eigenvalue weighted by Gasteiger charge is 2.02. The summed E-state index contributed by atoms with van der Waals surface area (Å²) >= 11 is 14.3. The van der Waals surface area contributed by atoms with Crippen LogP contribution in [0.5, 0.6) is 0 Å². The van der Waals surface area contributed by atoms with Crippen LogP contribution in [0.4, 0.5) is 5.82 Å². The fourth-order valence-electron chi connectivity index (χ4n) is 0.617. The van der Waals surface area contributed by atoms with Gasteiger partial charge in [-0.05, 0) is 15.9 Å². The highest BCUT2D eigenvalue weighted by molar-refractivity contribution is 9.10. The first kappa shape index (κ1) is 10.0. The second kappa shape index (κ2) is 4.84. The molecule has 0 bridgehead atoms. The van der Waals surface area contributed by atoms with E-state index in [0.29, 0.717) is 12.4 Å². The van der Waals surface area contributed by atoms with Crippen LogP contribution in [-0.4, -0.2) is 21.3 Å². The Kier molecular flexibility index (Phi) is 4.05. The largest absolute Gasteiger partial charge is 0.366 e. The Balaban J connectivity index is 2.57. The van der Waals surface area contributed by atoms with Gasteiger partial charge in [-0.25, -0.2) is 9.97 Å². The van der Waals surface area contributed by atoms with Crippen LogP contribution in [0.15, 0.2) is 17.0 Å². The quantitative estimate of drug-likeness (QED) is 0.858. The van der Waals surface area contributed by atoms with Gasteiger partial charge in [-0.2, -0.15) is 0 Å². The molecule has 1 aromatic heterocycles. The minimum Gasteiger partial charge on any atom is -0.366 e. The van der Waals surface area contributed by atoms with Crippen molar-refractivity contribution in [2.45, 2.75) is 4.84 Å². The number of halogens is 3. The van der Waals surface area contributed by atoms with E-state index < -0.39 is 4.84 Å². The molecule has 0 saturated carbocycles. The van der Waals surface area contributed by atoms with E-state index in [1.54, 1.807) is 6.20 Å². The van der Waals surface area contributed by atoms with Crippen LogP contribution >= 0.6 is 39.1 Å². The molecule has 0 amide bonds. The Hall–Kier alpha value is -0.0600. The standard InChI is InChI=1S/C6H6BrCl2N3/c7-4-1-10-3-12-6(4)11-2-5(8)9/h1,3,5H,2H2,(H,10,11,12). The number of aromatic nitrogens is 2. The molecule has 66 valence electrons. The zero-order valence-corrected chi connectivity index (χ0v) is 9.07. The number of hydrogen-bond donors (Lipinski definition) is 1. The van der Waals surface area contributed by atoms with Crippen LogP contribution in [0, 0.1) is 0 Å². The molecule has 6 heteroatoms. The lowest BCUT2D eigenvalue weighted by Crippen LogP contribution is -2.10. The summed E-state index contributed by atoms with van der Waals surface area (Å²) in [4.78, 5) is 7.33. The third-order valence-corrected chi connectivity index (χ3v) is 1.98. The third-order valence-electron chi connectivity index (χ3n) is 1.09. The van der Waals surface area contributed by atoms with Crippen molar-refractivity contribution in [2.75, 3.05) is 11.9 Å². The lowest BCUT2D eigenvalue weighted by Gasteiger charge is -2.05. The first-order valence-electron chi connectivity index (χ1n) is 3.17. The topological polar surface area (TPSA) is 37.8 Å². The number of hydrogen-bond acceptors (Lipinski definition) is 3. The highest BCUT2D eigenvalue weighted by Crippen LogP contribution is 2.17. The van der Waals surface area contributed by atoms with Gasteiger partial charge in [-0.15, -0.1) is 23.2 Å². The molecule has 0 unspecified atom stereocenters. The first-order valence-corrected chi connectivity index (χ1v) is 4.84. The Morgan fingerprint density at radius 2 is 2.33 bits per heavy atom. The average molecular weight is 271 g/mol. The molecule has 0 spiro atoms. The van der Waals surface area contributed by atoms with Crippen molar-refractivity contribution in [3.05, 3.63) is 17.0 Å². The molecular formula is C6H6BrCl2N3. The van der Waals surface area contributed by atoms with Gasteiger partial charge in [0.05, 0.1) is 4.47 Å². The van der Waals surface area contributed by atoms with Gasteiger partial charge in [0.15, 0.2) is 0 Å². The van der Waals surface area contributed by atoms with Crippen molar-refractivity contribution in [2.24, 2.45) is 0 Å². The highest BCUT2D eigenvalue weighted by atomic mass is 79.9. The monoisotopic (exact) mass is 269 g/mol. The second-order valence-corrected chi connectivity index (χ2v) is 4.12. The summed E-state index contributed by atoms with van der Waals surface area (Å²) in [6, 6.07) is 0. The molecule has 0 aliphatic heterocycles. The third kappa shape index (κ3) is 3.13. The molecule has 1 N–H and O–H groups in total. The van der Waals surface area contributed by atoms with Gasteiger partial charge in [0.2, 0.25) is 0 Å². The Labute approximate surface area is 88.6 Å². The van der Waals surface area contributed by atoms with E-state index in [0.717, 1.165) is 4.47 Å². The van der Waals surface area contributed by atoms with E-state index in [1.807, 2.05) is 0 Å². The summed E-state index contributed by atoms with van der Waals surface area (Å²) in [5.41, 5.74) is 0. The molecule has 0 atom stereocenters. The fourth-order valence-corrected chi connectivity index (χ4v) is 1.13. The summed E-state index contributed by atoms with van der Waals surface area (Å²) in [5, 5.41) is 2.95. The lowest BCUT2D eigenvalue weighted by atomic mass is 10.5. The average Bonchev–Trinajstić information content (AvgIpc) is 2.03. The number of alkyl halides is 2. The van der Waals surface area contributed by atoms with E-state index in [-0.39, 0.29) is 0 Å². The summed E-state index contributed by atoms with van der Waals surface area (Å²) in [6.07, 6.45) is 3.09. The van der Waals surface area contributed by atoms with Crippen LogP contribution in [0.25, 0.3) is 0 Å². The first-order chi connectivity index (χ1) is 5.70. The van der Waals surface area contributed by atoms with Gasteiger partial charge < -0.3 is 5.32 Å². The molecule has 0 aliphatic carbocycles. The van der Waals surface area contributed by atoms with Gasteiger partial charge in [-0.3, -0.25) is 0 Å². The molecule has 1 aromatic rings. The Morgan fingerprint density at radius 3 is 2.92 bits per heavy atom. The van der Waals surface area contributed by atoms with Crippen molar-refractivity contribution in [1.29, 1.82) is 0 Å². The van der Waals surface area contributed by atoms with E-state index >= 15 is 0 Å². The van der Waals surface area contributed by atoms with E-state index in [2.05, 4.69) is 31.2 Å². The molecule has 3 nitrogen and oxygen atoms in total. The molecule has 12 heavy (non-hydrogen) atoms. The van der Waals surface area contributed by atoms with Crippen LogP contribution in [0.3, 0.4) is 0 Å². The summed E-state index contributed by atoms with van der Waals surface area (Å²) in [5.74, 6) is 0.691. The van der Waals surface area contributed by atoms with E-state index in [4.69, 9.17) is 23.2 Å². The minimum atomic E-state index is -0.438. The number of anilines is 1. The molecule has 0 aliphatic rings. The van der Waals surface area contributed by atoms with Crippen LogP contribution < -0.4 is 5.32 Å². The molecule has 1 heterocycles. The van der Waals surface area contributed by atoms with Crippen molar-refractivity contribution >= 4 is 44.9 Å². The van der Waals surface area contributed by atoms with Gasteiger partial charge in [0.1, 0.15) is 17.0 Å². The number of nitrogens with zero attached hydrogens (tertiary/aromatic N) is 2. The lowest BCUT2D eigenvalue weighted by molar-refractivity contribution is 1.08. The van der Waals surface area contributed by atoms with Crippen molar-refractivity contribution in [3.63, 3.8) is 0 Å². The van der Waals surface area contributed by atoms with Crippen LogP contribution in [0.2, 0.25) is 0 Å². The summed E-state index contributed by atoms with van der Waals surface area (Å²) in [6.45, 7) is 0.457. The zero-order valence-electron chi connectivity index (χ0n) is 5.97. The maximum atomic E-state index is 5.52. The number of rotatable bonds is 3. The predicted octanol–water partition coefficient (Wildman–Crippen LogP) is 2.45. The molecule has 0 radical (unpaired) electrons. The van der Waals surface area contributed by atoms with Gasteiger partial charge >= 0.3 is 0 Å². The SMILES string of the molecule is ClC(Cl)CNc1ncncc1Br. The Morgan fingerprint density at radius 1 is 1.58 bits per heavy atom. The van der Waals surface area contributed by atoms with Crippen LogP contribution in [-0.2, 0) is 0 Å². The Bertz CT molecular complexity index is 256. The van der Waals surface area contributed by atoms with Crippen molar-refractivity contribution in [3.8, 4) is 0 Å². The van der Waals surface area contributed by atoms with Gasteiger partial charge in [0, 0.05) is 12.7 Å². The fraction of sp³-hybridized carbons (Fsp3) is 0.333. The maximum absolute atomic E-state index is 5.52. The molecule has 1 rings (SSSR count). The second-order valence-electron chi connectivity index (χ2n) is 1.99. The zero-order chi connectivity index (χ0) is 8.97. The van der Waals surface area contributed by atoms with Crippen molar-refractivity contribution in [1.82, 2.24) is 9.97 Å². The normalized spacial score (nSPS) is 10.3. The van der Waals surface area contributed by atoms with E-state index in [9.17, 15) is 0 Å². The summed E-state index contributed by atoms with van der Waals surface area (Å²) in [7, 11) is 0. The maximum Gasteiger partial charge on any atom is 0.143 e. The molecule has 0 saturated heterocycles. The van der Waals surface area contributed by atoms with Gasteiger partial charge in [0.25, 0.3) is 0 Å². The smallest absolute Gasteiger partial charge is 0.143 e.